The maximum Gasteiger partial charge on any atom is 0.254 e. The molecule has 0 saturated carbocycles. The van der Waals surface area contributed by atoms with Gasteiger partial charge < -0.3 is 9.88 Å². The van der Waals surface area contributed by atoms with Crippen LogP contribution in [0.15, 0.2) is 35.6 Å². The average molecular weight is 244 g/mol. The van der Waals surface area contributed by atoms with Crippen LogP contribution in [0, 0.1) is 0 Å². The van der Waals surface area contributed by atoms with Crippen molar-refractivity contribution in [1.29, 1.82) is 0 Å². The number of aromatic nitrogens is 1. The highest BCUT2D eigenvalue weighted by molar-refractivity contribution is 5.99. The Hall–Kier alpha value is -2.14. The molecule has 0 aliphatic rings. The zero-order chi connectivity index (χ0) is 13.0. The second-order valence-electron chi connectivity index (χ2n) is 4.32. The molecule has 94 valence electrons. The molecule has 0 unspecified atom stereocenters. The number of carbonyl (C=O) groups is 1. The Morgan fingerprint density at radius 1 is 1.44 bits per heavy atom. The van der Waals surface area contributed by atoms with Crippen molar-refractivity contribution in [3.63, 3.8) is 0 Å². The third kappa shape index (κ3) is 2.95. The van der Waals surface area contributed by atoms with Crippen LogP contribution in [0.1, 0.15) is 5.56 Å². The molecule has 0 bridgehead atoms. The minimum Gasteiger partial charge on any atom is -0.361 e. The fourth-order valence-corrected chi connectivity index (χ4v) is 1.70. The van der Waals surface area contributed by atoms with Crippen molar-refractivity contribution in [2.24, 2.45) is 5.10 Å². The molecule has 18 heavy (non-hydrogen) atoms. The third-order valence-corrected chi connectivity index (χ3v) is 2.47. The molecule has 0 saturated heterocycles. The number of H-pyrrole nitrogens is 1. The Kier molecular flexibility index (Phi) is 3.74. The van der Waals surface area contributed by atoms with E-state index < -0.39 is 0 Å². The van der Waals surface area contributed by atoms with Crippen LogP contribution in [-0.4, -0.2) is 42.6 Å². The molecular formula is C13H16N4O. The molecule has 5 nitrogen and oxygen atoms in total. The van der Waals surface area contributed by atoms with Crippen LogP contribution in [0.25, 0.3) is 10.9 Å². The van der Waals surface area contributed by atoms with Gasteiger partial charge >= 0.3 is 0 Å². The normalized spacial score (nSPS) is 11.5. The molecule has 5 heteroatoms. The predicted molar refractivity (Wildman–Crippen MR) is 72.6 cm³/mol. The van der Waals surface area contributed by atoms with Crippen molar-refractivity contribution in [3.8, 4) is 0 Å². The van der Waals surface area contributed by atoms with Gasteiger partial charge in [0.05, 0.1) is 12.8 Å². The van der Waals surface area contributed by atoms with Crippen molar-refractivity contribution in [2.75, 3.05) is 20.6 Å². The van der Waals surface area contributed by atoms with Crippen LogP contribution in [0.3, 0.4) is 0 Å². The van der Waals surface area contributed by atoms with Gasteiger partial charge in [-0.2, -0.15) is 5.10 Å². The van der Waals surface area contributed by atoms with E-state index >= 15 is 0 Å². The number of hydrogen-bond donors (Lipinski definition) is 2. The third-order valence-electron chi connectivity index (χ3n) is 2.47. The monoisotopic (exact) mass is 244 g/mol. The van der Waals surface area contributed by atoms with E-state index in [1.807, 2.05) is 44.6 Å². The molecule has 2 N–H and O–H groups in total. The number of nitrogens with one attached hydrogen (secondary N) is 2. The maximum atomic E-state index is 11.4. The van der Waals surface area contributed by atoms with Gasteiger partial charge in [0, 0.05) is 22.7 Å². The summed E-state index contributed by atoms with van der Waals surface area (Å²) in [6.07, 6.45) is 3.51. The molecule has 1 amide bonds. The van der Waals surface area contributed by atoms with Crippen LogP contribution in [0.4, 0.5) is 0 Å². The topological polar surface area (TPSA) is 60.5 Å². The van der Waals surface area contributed by atoms with Gasteiger partial charge in [0.2, 0.25) is 0 Å². The van der Waals surface area contributed by atoms with Gasteiger partial charge in [-0.3, -0.25) is 4.79 Å². The molecule has 0 fully saturated rings. The highest BCUT2D eigenvalue weighted by Crippen LogP contribution is 2.15. The number of hydrogen-bond acceptors (Lipinski definition) is 3. The molecular weight excluding hydrogens is 228 g/mol. The van der Waals surface area contributed by atoms with E-state index in [-0.39, 0.29) is 5.91 Å². The lowest BCUT2D eigenvalue weighted by atomic mass is 10.2. The number of rotatable bonds is 4. The van der Waals surface area contributed by atoms with Crippen LogP contribution in [0.5, 0.6) is 0 Å². The second-order valence-corrected chi connectivity index (χ2v) is 4.32. The Morgan fingerprint density at radius 3 is 3.00 bits per heavy atom. The van der Waals surface area contributed by atoms with Gasteiger partial charge in [0.25, 0.3) is 5.91 Å². The minimum absolute atomic E-state index is 0.129. The van der Waals surface area contributed by atoms with E-state index in [0.29, 0.717) is 6.54 Å². The zero-order valence-corrected chi connectivity index (χ0v) is 10.5. The molecule has 2 rings (SSSR count). The number of fused-ring (bicyclic) bond motifs is 1. The predicted octanol–water partition coefficient (Wildman–Crippen LogP) is 1.18. The summed E-state index contributed by atoms with van der Waals surface area (Å²) in [7, 11) is 3.67. The van der Waals surface area contributed by atoms with E-state index in [9.17, 15) is 4.79 Å². The first-order valence-corrected chi connectivity index (χ1v) is 5.69. The molecule has 2 aromatic rings. The summed E-state index contributed by atoms with van der Waals surface area (Å²) in [6.45, 7) is 0.325. The van der Waals surface area contributed by atoms with Crippen molar-refractivity contribution in [3.05, 3.63) is 36.0 Å². The van der Waals surface area contributed by atoms with Gasteiger partial charge in [-0.15, -0.1) is 0 Å². The maximum absolute atomic E-state index is 11.4. The van der Waals surface area contributed by atoms with Crippen LogP contribution < -0.4 is 5.43 Å². The summed E-state index contributed by atoms with van der Waals surface area (Å²) in [4.78, 5) is 16.3. The lowest BCUT2D eigenvalue weighted by Gasteiger charge is -2.06. The summed E-state index contributed by atoms with van der Waals surface area (Å²) in [5.74, 6) is -0.129. The lowest BCUT2D eigenvalue weighted by molar-refractivity contribution is -0.121. The molecule has 1 aromatic heterocycles. The number of para-hydroxylation sites is 1. The largest absolute Gasteiger partial charge is 0.361 e. The van der Waals surface area contributed by atoms with Gasteiger partial charge in [-0.25, -0.2) is 5.43 Å². The summed E-state index contributed by atoms with van der Waals surface area (Å²) < 4.78 is 0. The lowest BCUT2D eigenvalue weighted by Crippen LogP contribution is -2.30. The van der Waals surface area contributed by atoms with Crippen molar-refractivity contribution < 1.29 is 4.79 Å². The van der Waals surface area contributed by atoms with Crippen molar-refractivity contribution in [2.45, 2.75) is 0 Å². The Bertz CT molecular complexity index is 571. The smallest absolute Gasteiger partial charge is 0.254 e. The Balaban J connectivity index is 2.03. The number of benzene rings is 1. The quantitative estimate of drug-likeness (QED) is 0.626. The molecule has 0 aliphatic heterocycles. The first kappa shape index (κ1) is 12.3. The second kappa shape index (κ2) is 5.46. The van der Waals surface area contributed by atoms with E-state index in [1.165, 1.54) is 0 Å². The van der Waals surface area contributed by atoms with E-state index in [4.69, 9.17) is 0 Å². The molecule has 0 spiro atoms. The van der Waals surface area contributed by atoms with E-state index in [2.05, 4.69) is 15.5 Å². The first-order chi connectivity index (χ1) is 8.66. The molecule has 1 heterocycles. The number of nitrogens with zero attached hydrogens (tertiary/aromatic N) is 2. The summed E-state index contributed by atoms with van der Waals surface area (Å²) in [5.41, 5.74) is 4.50. The number of hydrazone groups is 1. The highest BCUT2D eigenvalue weighted by atomic mass is 16.2. The number of carbonyl (C=O) groups excluding carboxylic acids is 1. The minimum atomic E-state index is -0.129. The van der Waals surface area contributed by atoms with Gasteiger partial charge in [0.1, 0.15) is 0 Å². The Labute approximate surface area is 105 Å². The van der Waals surface area contributed by atoms with E-state index in [0.717, 1.165) is 16.5 Å². The number of amides is 1. The summed E-state index contributed by atoms with van der Waals surface area (Å²) in [6, 6.07) is 7.95. The van der Waals surface area contributed by atoms with E-state index in [1.54, 1.807) is 11.1 Å². The number of likely N-dealkylation sites (N-methyl/N-ethyl adjacent to an activating group) is 1. The van der Waals surface area contributed by atoms with Crippen molar-refractivity contribution in [1.82, 2.24) is 15.3 Å². The first-order valence-electron chi connectivity index (χ1n) is 5.69. The van der Waals surface area contributed by atoms with Gasteiger partial charge in [0.15, 0.2) is 0 Å². The molecule has 0 radical (unpaired) electrons. The summed E-state index contributed by atoms with van der Waals surface area (Å²) >= 11 is 0. The average Bonchev–Trinajstić information content (AvgIpc) is 2.72. The van der Waals surface area contributed by atoms with Crippen LogP contribution >= 0.6 is 0 Å². The van der Waals surface area contributed by atoms with Crippen molar-refractivity contribution >= 4 is 23.0 Å². The molecule has 0 aliphatic carbocycles. The summed E-state index contributed by atoms with van der Waals surface area (Å²) in [5, 5.41) is 5.03. The zero-order valence-electron chi connectivity index (χ0n) is 10.5. The van der Waals surface area contributed by atoms with Crippen LogP contribution in [-0.2, 0) is 4.79 Å². The van der Waals surface area contributed by atoms with Crippen LogP contribution in [0.2, 0.25) is 0 Å². The fourth-order valence-electron chi connectivity index (χ4n) is 1.70. The van der Waals surface area contributed by atoms with Gasteiger partial charge in [-0.1, -0.05) is 18.2 Å². The SMILES string of the molecule is CN(C)CC(=O)N/N=C/c1c[nH]c2ccccc12. The molecule has 0 atom stereocenters. The molecule has 1 aromatic carbocycles. The number of aromatic amines is 1. The van der Waals surface area contributed by atoms with Gasteiger partial charge in [-0.05, 0) is 20.2 Å². The standard InChI is InChI=1S/C13H16N4O/c1-17(2)9-13(18)16-15-8-10-7-14-12-6-4-3-5-11(10)12/h3-8,14H,9H2,1-2H3,(H,16,18)/b15-8+. The fraction of sp³-hybridized carbons (Fsp3) is 0.231. The highest BCUT2D eigenvalue weighted by Gasteiger charge is 2.01. The Morgan fingerprint density at radius 2 is 2.22 bits per heavy atom.